The van der Waals surface area contributed by atoms with Crippen LogP contribution in [0.5, 0.6) is 0 Å². The quantitative estimate of drug-likeness (QED) is 0.785. The van der Waals surface area contributed by atoms with E-state index in [1.807, 2.05) is 20.8 Å². The monoisotopic (exact) mass is 388 g/mol. The first-order valence-corrected chi connectivity index (χ1v) is 11.2. The molecule has 7 heteroatoms. The molecule has 1 aliphatic carbocycles. The third-order valence-electron chi connectivity index (χ3n) is 5.83. The molecule has 1 saturated heterocycles. The minimum Gasteiger partial charge on any atom is -0.444 e. The number of ether oxygens (including phenoxy) is 1. The van der Waals surface area contributed by atoms with Gasteiger partial charge in [0.05, 0.1) is 4.75 Å². The highest BCUT2D eigenvalue weighted by Crippen LogP contribution is 2.49. The normalized spacial score (nSPS) is 27.0. The Kier molecular flexibility index (Phi) is 5.76. The molecule has 2 fully saturated rings. The second kappa shape index (κ2) is 6.97. The van der Waals surface area contributed by atoms with Crippen LogP contribution >= 0.6 is 0 Å². The number of hydrogen-bond donors (Lipinski definition) is 1. The third-order valence-corrected chi connectivity index (χ3v) is 8.00. The second-order valence-electron chi connectivity index (χ2n) is 10.1. The first-order chi connectivity index (χ1) is 11.7. The molecule has 0 bridgehead atoms. The van der Waals surface area contributed by atoms with Crippen molar-refractivity contribution in [1.29, 1.82) is 0 Å². The molecular weight excluding hydrogens is 352 g/mol. The lowest BCUT2D eigenvalue weighted by molar-refractivity contribution is 0.00741. The second-order valence-corrected chi connectivity index (χ2v) is 12.5. The van der Waals surface area contributed by atoms with Crippen molar-refractivity contribution in [2.24, 2.45) is 11.3 Å². The summed E-state index contributed by atoms with van der Waals surface area (Å²) in [6.45, 7) is 14.2. The molecule has 1 aliphatic heterocycles. The Morgan fingerprint density at radius 1 is 1.08 bits per heavy atom. The van der Waals surface area contributed by atoms with Crippen LogP contribution in [-0.2, 0) is 14.8 Å². The highest BCUT2D eigenvalue weighted by atomic mass is 32.2. The Balaban J connectivity index is 2.09. The van der Waals surface area contributed by atoms with E-state index in [-0.39, 0.29) is 17.6 Å². The Labute approximate surface area is 159 Å². The van der Waals surface area contributed by atoms with E-state index in [1.54, 1.807) is 25.7 Å². The molecule has 0 radical (unpaired) electrons. The van der Waals surface area contributed by atoms with E-state index in [4.69, 9.17) is 4.74 Å². The number of hydrogen-bond acceptors (Lipinski definition) is 4. The van der Waals surface area contributed by atoms with Crippen LogP contribution in [0.15, 0.2) is 0 Å². The average Bonchev–Trinajstić information content (AvgIpc) is 2.74. The number of rotatable bonds is 2. The van der Waals surface area contributed by atoms with E-state index < -0.39 is 20.4 Å². The van der Waals surface area contributed by atoms with Crippen LogP contribution in [0.1, 0.15) is 74.1 Å². The smallest absolute Gasteiger partial charge is 0.410 e. The highest BCUT2D eigenvalue weighted by Gasteiger charge is 2.51. The Morgan fingerprint density at radius 3 is 2.08 bits per heavy atom. The van der Waals surface area contributed by atoms with Gasteiger partial charge in [0, 0.05) is 19.1 Å². The third kappa shape index (κ3) is 4.53. The first kappa shape index (κ1) is 21.5. The van der Waals surface area contributed by atoms with Gasteiger partial charge in [-0.2, -0.15) is 0 Å². The summed E-state index contributed by atoms with van der Waals surface area (Å²) in [6.07, 6.45) is 3.38. The molecule has 1 spiro atoms. The summed E-state index contributed by atoms with van der Waals surface area (Å²) in [4.78, 5) is 14.1. The number of likely N-dealkylation sites (tertiary alicyclic amines) is 1. The molecule has 152 valence electrons. The molecule has 0 unspecified atom stereocenters. The van der Waals surface area contributed by atoms with Gasteiger partial charge < -0.3 is 9.64 Å². The molecular formula is C19H36N2O4S. The van der Waals surface area contributed by atoms with Gasteiger partial charge in [-0.25, -0.2) is 17.9 Å². The summed E-state index contributed by atoms with van der Waals surface area (Å²) in [6, 6.07) is -0.0625. The summed E-state index contributed by atoms with van der Waals surface area (Å²) in [5, 5.41) is 0. The van der Waals surface area contributed by atoms with Crippen molar-refractivity contribution in [1.82, 2.24) is 9.62 Å². The van der Waals surface area contributed by atoms with Gasteiger partial charge in [0.2, 0.25) is 10.0 Å². The SMILES string of the molecule is C[C@@H]1CCC2(CCN(C(=O)OC(C)(C)C)CC2)[C@@H]1NS(=O)(=O)C(C)(C)C. The number of nitrogens with zero attached hydrogens (tertiary/aromatic N) is 1. The number of nitrogens with one attached hydrogen (secondary N) is 1. The average molecular weight is 389 g/mol. The van der Waals surface area contributed by atoms with Crippen LogP contribution in [0.4, 0.5) is 4.79 Å². The lowest BCUT2D eigenvalue weighted by Gasteiger charge is -2.44. The zero-order chi connectivity index (χ0) is 20.0. The van der Waals surface area contributed by atoms with Gasteiger partial charge in [0.1, 0.15) is 5.60 Å². The molecule has 1 amide bonds. The number of piperidine rings is 1. The lowest BCUT2D eigenvalue weighted by Crippen LogP contribution is -2.55. The predicted molar refractivity (Wildman–Crippen MR) is 103 cm³/mol. The molecule has 0 aromatic heterocycles. The maximum atomic E-state index is 12.7. The molecule has 1 saturated carbocycles. The van der Waals surface area contributed by atoms with E-state index in [0.29, 0.717) is 19.0 Å². The van der Waals surface area contributed by atoms with Gasteiger partial charge in [-0.1, -0.05) is 6.92 Å². The van der Waals surface area contributed by atoms with Gasteiger partial charge in [-0.15, -0.1) is 0 Å². The van der Waals surface area contributed by atoms with Crippen molar-refractivity contribution in [2.45, 2.75) is 90.5 Å². The van der Waals surface area contributed by atoms with Crippen molar-refractivity contribution < 1.29 is 17.9 Å². The van der Waals surface area contributed by atoms with Crippen LogP contribution in [0, 0.1) is 11.3 Å². The molecule has 0 aromatic carbocycles. The zero-order valence-corrected chi connectivity index (χ0v) is 18.2. The lowest BCUT2D eigenvalue weighted by atomic mass is 9.73. The Morgan fingerprint density at radius 2 is 1.62 bits per heavy atom. The summed E-state index contributed by atoms with van der Waals surface area (Å²) in [5.41, 5.74) is -0.560. The molecule has 1 heterocycles. The van der Waals surface area contributed by atoms with E-state index in [0.717, 1.165) is 25.7 Å². The topological polar surface area (TPSA) is 75.7 Å². The van der Waals surface area contributed by atoms with Crippen LogP contribution in [0.3, 0.4) is 0 Å². The van der Waals surface area contributed by atoms with Gasteiger partial charge in [-0.3, -0.25) is 0 Å². The molecule has 2 rings (SSSR count). The summed E-state index contributed by atoms with van der Waals surface area (Å²) in [5.74, 6) is 0.306. The molecule has 26 heavy (non-hydrogen) atoms. The zero-order valence-electron chi connectivity index (χ0n) is 17.4. The van der Waals surface area contributed by atoms with Crippen molar-refractivity contribution in [3.8, 4) is 0 Å². The maximum Gasteiger partial charge on any atom is 0.410 e. The van der Waals surface area contributed by atoms with Gasteiger partial charge in [0.15, 0.2) is 0 Å². The van der Waals surface area contributed by atoms with Gasteiger partial charge in [-0.05, 0) is 78.6 Å². The molecule has 6 nitrogen and oxygen atoms in total. The minimum absolute atomic E-state index is 0.0593. The van der Waals surface area contributed by atoms with Gasteiger partial charge in [0.25, 0.3) is 0 Å². The Hall–Kier alpha value is -0.820. The number of carbonyl (C=O) groups excluding carboxylic acids is 1. The van der Waals surface area contributed by atoms with E-state index >= 15 is 0 Å². The minimum atomic E-state index is -3.40. The van der Waals surface area contributed by atoms with Gasteiger partial charge >= 0.3 is 6.09 Å². The molecule has 2 atom stereocenters. The largest absolute Gasteiger partial charge is 0.444 e. The molecule has 1 N–H and O–H groups in total. The van der Waals surface area contributed by atoms with Crippen molar-refractivity contribution in [2.75, 3.05) is 13.1 Å². The summed E-state index contributed by atoms with van der Waals surface area (Å²) >= 11 is 0. The van der Waals surface area contributed by atoms with Crippen molar-refractivity contribution in [3.63, 3.8) is 0 Å². The fourth-order valence-corrected chi connectivity index (χ4v) is 5.22. The fourth-order valence-electron chi connectivity index (χ4n) is 4.05. The maximum absolute atomic E-state index is 12.7. The van der Waals surface area contributed by atoms with Crippen molar-refractivity contribution >= 4 is 16.1 Å². The molecule has 0 aromatic rings. The predicted octanol–water partition coefficient (Wildman–Crippen LogP) is 3.52. The number of carbonyl (C=O) groups is 1. The van der Waals surface area contributed by atoms with Crippen LogP contribution < -0.4 is 4.72 Å². The molecule has 2 aliphatic rings. The van der Waals surface area contributed by atoms with E-state index in [2.05, 4.69) is 11.6 Å². The number of sulfonamides is 1. The standard InChI is InChI=1S/C19H36N2O4S/c1-14-8-9-19(15(14)20-26(23,24)18(5,6)7)10-12-21(13-11-19)16(22)25-17(2,3)4/h14-15,20H,8-13H2,1-7H3/t14-,15-/m1/s1. The Bertz CT molecular complexity index is 623. The van der Waals surface area contributed by atoms with Crippen LogP contribution in [-0.4, -0.2) is 48.9 Å². The van der Waals surface area contributed by atoms with E-state index in [9.17, 15) is 13.2 Å². The van der Waals surface area contributed by atoms with Crippen LogP contribution in [0.25, 0.3) is 0 Å². The first-order valence-electron chi connectivity index (χ1n) is 9.67. The van der Waals surface area contributed by atoms with E-state index in [1.165, 1.54) is 0 Å². The van der Waals surface area contributed by atoms with Crippen LogP contribution in [0.2, 0.25) is 0 Å². The highest BCUT2D eigenvalue weighted by molar-refractivity contribution is 7.90. The summed E-state index contributed by atoms with van der Waals surface area (Å²) in [7, 11) is -3.40. The fraction of sp³-hybridized carbons (Fsp3) is 0.947. The van der Waals surface area contributed by atoms with Crippen molar-refractivity contribution in [3.05, 3.63) is 0 Å². The number of amides is 1. The summed E-state index contributed by atoms with van der Waals surface area (Å²) < 4.78 is 33.1.